The van der Waals surface area contributed by atoms with Crippen LogP contribution in [0.2, 0.25) is 0 Å². The summed E-state index contributed by atoms with van der Waals surface area (Å²) in [5.41, 5.74) is 5.69. The molecular formula is C11H21NO3. The molecule has 0 radical (unpaired) electrons. The molecule has 1 saturated heterocycles. The molecule has 0 saturated carbocycles. The Morgan fingerprint density at radius 1 is 1.60 bits per heavy atom. The van der Waals surface area contributed by atoms with Crippen molar-refractivity contribution in [3.05, 3.63) is 0 Å². The topological polar surface area (TPSA) is 61.6 Å². The van der Waals surface area contributed by atoms with Gasteiger partial charge >= 0.3 is 5.97 Å². The predicted octanol–water partition coefficient (Wildman–Crippen LogP) is 1.08. The average molecular weight is 215 g/mol. The van der Waals surface area contributed by atoms with Gasteiger partial charge in [0.2, 0.25) is 0 Å². The lowest BCUT2D eigenvalue weighted by Gasteiger charge is -2.15. The first-order chi connectivity index (χ1) is 7.09. The second-order valence-electron chi connectivity index (χ2n) is 4.50. The van der Waals surface area contributed by atoms with E-state index in [0.717, 1.165) is 19.4 Å². The van der Waals surface area contributed by atoms with E-state index in [4.69, 9.17) is 15.2 Å². The predicted molar refractivity (Wildman–Crippen MR) is 57.4 cm³/mol. The molecule has 0 aliphatic carbocycles. The zero-order valence-corrected chi connectivity index (χ0v) is 9.57. The highest BCUT2D eigenvalue weighted by Gasteiger charge is 2.21. The summed E-state index contributed by atoms with van der Waals surface area (Å²) in [5, 5.41) is 0. The molecule has 0 bridgehead atoms. The molecular weight excluding hydrogens is 194 g/mol. The lowest BCUT2D eigenvalue weighted by atomic mass is 10.1. The highest BCUT2D eigenvalue weighted by atomic mass is 16.6. The molecule has 0 aromatic carbocycles. The second-order valence-corrected chi connectivity index (χ2v) is 4.50. The Morgan fingerprint density at radius 2 is 2.33 bits per heavy atom. The first-order valence-electron chi connectivity index (χ1n) is 5.63. The van der Waals surface area contributed by atoms with Crippen LogP contribution in [0.15, 0.2) is 0 Å². The van der Waals surface area contributed by atoms with E-state index in [1.54, 1.807) is 0 Å². The van der Waals surface area contributed by atoms with E-state index < -0.39 is 6.04 Å². The van der Waals surface area contributed by atoms with Crippen LogP contribution >= 0.6 is 0 Å². The van der Waals surface area contributed by atoms with Crippen molar-refractivity contribution >= 4 is 5.97 Å². The Kier molecular flexibility index (Phi) is 5.05. The Balaban J connectivity index is 2.16. The maximum Gasteiger partial charge on any atom is 0.323 e. The maximum atomic E-state index is 11.4. The number of hydrogen-bond acceptors (Lipinski definition) is 4. The monoisotopic (exact) mass is 215 g/mol. The number of carbonyl (C=O) groups is 1. The standard InChI is InChI=1S/C11H21NO3/c1-8(2)6-10(12)11(13)15-7-9-4-3-5-14-9/h8-10H,3-7,12H2,1-2H3. The first-order valence-corrected chi connectivity index (χ1v) is 5.63. The van der Waals surface area contributed by atoms with Crippen LogP contribution in [0, 0.1) is 5.92 Å². The molecule has 1 aliphatic heterocycles. The van der Waals surface area contributed by atoms with Crippen LogP contribution in [0.5, 0.6) is 0 Å². The fourth-order valence-corrected chi connectivity index (χ4v) is 1.66. The fourth-order valence-electron chi connectivity index (χ4n) is 1.66. The molecule has 4 heteroatoms. The highest BCUT2D eigenvalue weighted by molar-refractivity contribution is 5.75. The van der Waals surface area contributed by atoms with Gasteiger partial charge in [-0.05, 0) is 25.2 Å². The number of carbonyl (C=O) groups excluding carboxylic acids is 1. The Morgan fingerprint density at radius 3 is 2.87 bits per heavy atom. The largest absolute Gasteiger partial charge is 0.462 e. The summed E-state index contributed by atoms with van der Waals surface area (Å²) < 4.78 is 10.4. The number of hydrogen-bond donors (Lipinski definition) is 1. The van der Waals surface area contributed by atoms with E-state index >= 15 is 0 Å². The summed E-state index contributed by atoms with van der Waals surface area (Å²) in [4.78, 5) is 11.4. The number of ether oxygens (including phenoxy) is 2. The smallest absolute Gasteiger partial charge is 0.323 e. The van der Waals surface area contributed by atoms with Crippen molar-refractivity contribution in [3.63, 3.8) is 0 Å². The van der Waals surface area contributed by atoms with Crippen molar-refractivity contribution in [2.24, 2.45) is 11.7 Å². The van der Waals surface area contributed by atoms with Crippen LogP contribution in [0.1, 0.15) is 33.1 Å². The van der Waals surface area contributed by atoms with Gasteiger partial charge < -0.3 is 15.2 Å². The van der Waals surface area contributed by atoms with Crippen molar-refractivity contribution in [1.29, 1.82) is 0 Å². The third-order valence-electron chi connectivity index (χ3n) is 2.46. The summed E-state index contributed by atoms with van der Waals surface area (Å²) in [6.07, 6.45) is 2.79. The molecule has 1 fully saturated rings. The number of esters is 1. The quantitative estimate of drug-likeness (QED) is 0.697. The van der Waals surface area contributed by atoms with Gasteiger partial charge in [0, 0.05) is 6.61 Å². The van der Waals surface area contributed by atoms with Crippen LogP contribution in [0.25, 0.3) is 0 Å². The van der Waals surface area contributed by atoms with Crippen LogP contribution in [-0.4, -0.2) is 31.3 Å². The molecule has 0 aromatic heterocycles. The highest BCUT2D eigenvalue weighted by Crippen LogP contribution is 2.12. The third-order valence-corrected chi connectivity index (χ3v) is 2.46. The average Bonchev–Trinajstić information content (AvgIpc) is 2.65. The zero-order valence-electron chi connectivity index (χ0n) is 9.57. The first kappa shape index (κ1) is 12.5. The van der Waals surface area contributed by atoms with Crippen LogP contribution in [0.3, 0.4) is 0 Å². The lowest BCUT2D eigenvalue weighted by Crippen LogP contribution is -2.35. The van der Waals surface area contributed by atoms with Crippen LogP contribution in [-0.2, 0) is 14.3 Å². The van der Waals surface area contributed by atoms with E-state index in [0.29, 0.717) is 18.9 Å². The Hall–Kier alpha value is -0.610. The van der Waals surface area contributed by atoms with Crippen molar-refractivity contribution in [1.82, 2.24) is 0 Å². The van der Waals surface area contributed by atoms with Gasteiger partial charge in [-0.25, -0.2) is 0 Å². The van der Waals surface area contributed by atoms with Gasteiger partial charge in [-0.3, -0.25) is 4.79 Å². The third kappa shape index (κ3) is 4.62. The van der Waals surface area contributed by atoms with Crippen molar-refractivity contribution in [3.8, 4) is 0 Å². The molecule has 0 amide bonds. The van der Waals surface area contributed by atoms with Gasteiger partial charge in [-0.1, -0.05) is 13.8 Å². The van der Waals surface area contributed by atoms with Gasteiger partial charge in [0.1, 0.15) is 12.6 Å². The molecule has 1 aliphatic rings. The number of nitrogens with two attached hydrogens (primary N) is 1. The minimum Gasteiger partial charge on any atom is -0.462 e. The van der Waals surface area contributed by atoms with E-state index in [1.807, 2.05) is 13.8 Å². The van der Waals surface area contributed by atoms with Gasteiger partial charge in [-0.2, -0.15) is 0 Å². The minimum atomic E-state index is -0.494. The van der Waals surface area contributed by atoms with Crippen LogP contribution < -0.4 is 5.73 Å². The summed E-state index contributed by atoms with van der Waals surface area (Å²) >= 11 is 0. The molecule has 2 unspecified atom stereocenters. The normalized spacial score (nSPS) is 23.1. The second kappa shape index (κ2) is 6.08. The molecule has 15 heavy (non-hydrogen) atoms. The molecule has 0 aromatic rings. The van der Waals surface area contributed by atoms with Gasteiger partial charge in [0.15, 0.2) is 0 Å². The number of rotatable bonds is 5. The molecule has 2 atom stereocenters. The Bertz CT molecular complexity index is 200. The zero-order chi connectivity index (χ0) is 11.3. The molecule has 1 rings (SSSR count). The van der Waals surface area contributed by atoms with E-state index in [1.165, 1.54) is 0 Å². The van der Waals surface area contributed by atoms with Crippen molar-refractivity contribution < 1.29 is 14.3 Å². The maximum absolute atomic E-state index is 11.4. The molecule has 2 N–H and O–H groups in total. The van der Waals surface area contributed by atoms with E-state index in [9.17, 15) is 4.79 Å². The van der Waals surface area contributed by atoms with Crippen molar-refractivity contribution in [2.75, 3.05) is 13.2 Å². The van der Waals surface area contributed by atoms with Crippen LogP contribution in [0.4, 0.5) is 0 Å². The van der Waals surface area contributed by atoms with E-state index in [-0.39, 0.29) is 12.1 Å². The van der Waals surface area contributed by atoms with Gasteiger partial charge in [0.05, 0.1) is 6.10 Å². The summed E-state index contributed by atoms with van der Waals surface area (Å²) in [6.45, 7) is 5.20. The summed E-state index contributed by atoms with van der Waals surface area (Å²) in [6, 6.07) is -0.494. The molecule has 4 nitrogen and oxygen atoms in total. The van der Waals surface area contributed by atoms with Crippen molar-refractivity contribution in [2.45, 2.75) is 45.3 Å². The SMILES string of the molecule is CC(C)CC(N)C(=O)OCC1CCCO1. The molecule has 88 valence electrons. The minimum absolute atomic E-state index is 0.0835. The van der Waals surface area contributed by atoms with E-state index in [2.05, 4.69) is 0 Å². The Labute approximate surface area is 91.1 Å². The summed E-state index contributed by atoms with van der Waals surface area (Å²) in [5.74, 6) is 0.106. The molecule has 1 heterocycles. The van der Waals surface area contributed by atoms with Gasteiger partial charge in [0.25, 0.3) is 0 Å². The van der Waals surface area contributed by atoms with Gasteiger partial charge in [-0.15, -0.1) is 0 Å². The molecule has 0 spiro atoms. The lowest BCUT2D eigenvalue weighted by molar-refractivity contribution is -0.148. The fraction of sp³-hybridized carbons (Fsp3) is 0.909. The summed E-state index contributed by atoms with van der Waals surface area (Å²) in [7, 11) is 0.